The van der Waals surface area contributed by atoms with Crippen LogP contribution in [0.3, 0.4) is 0 Å². The maximum Gasteiger partial charge on any atom is 0.417 e. The van der Waals surface area contributed by atoms with Crippen molar-refractivity contribution in [3.8, 4) is 0 Å². The molecular weight excluding hydrogens is 299 g/mol. The first-order valence-electron chi connectivity index (χ1n) is 5.22. The molecule has 0 spiro atoms. The average Bonchev–Trinajstić information content (AvgIpc) is 2.55. The number of aryl methyl sites for hydroxylation is 1. The van der Waals surface area contributed by atoms with Crippen LogP contribution in [0.25, 0.3) is 5.65 Å². The summed E-state index contributed by atoms with van der Waals surface area (Å²) in [5, 5.41) is -0.0629. The maximum atomic E-state index is 12.8. The summed E-state index contributed by atoms with van der Waals surface area (Å²) < 4.78 is 39.6. The second-order valence-electron chi connectivity index (χ2n) is 4.06. The van der Waals surface area contributed by atoms with E-state index < -0.39 is 11.7 Å². The van der Waals surface area contributed by atoms with Gasteiger partial charge in [-0.05, 0) is 13.0 Å². The normalized spacial score (nSPS) is 12.1. The summed E-state index contributed by atoms with van der Waals surface area (Å²) in [5.74, 6) is 0. The number of nitrogens with zero attached hydrogens (tertiary/aromatic N) is 2. The van der Waals surface area contributed by atoms with Crippen molar-refractivity contribution in [1.82, 2.24) is 9.38 Å². The van der Waals surface area contributed by atoms with Crippen molar-refractivity contribution in [2.75, 3.05) is 0 Å². The Kier molecular flexibility index (Phi) is 3.44. The van der Waals surface area contributed by atoms with Crippen molar-refractivity contribution in [3.63, 3.8) is 0 Å². The Balaban J connectivity index is 2.73. The van der Waals surface area contributed by atoms with Gasteiger partial charge in [-0.1, -0.05) is 23.8 Å². The molecule has 2 rings (SSSR count). The number of alkyl halides is 3. The van der Waals surface area contributed by atoms with E-state index >= 15 is 0 Å². The van der Waals surface area contributed by atoms with Crippen molar-refractivity contribution in [1.29, 1.82) is 0 Å². The number of fused-ring (bicyclic) bond motifs is 1. The Hall–Kier alpha value is -1.34. The van der Waals surface area contributed by atoms with Gasteiger partial charge in [-0.2, -0.15) is 13.2 Å². The minimum absolute atomic E-state index is 0.0629. The number of pyridine rings is 1. The fourth-order valence-electron chi connectivity index (χ4n) is 1.80. The SMILES string of the molecule is Cc1nc2c(Cl)cc(C(F)(F)F)cn2c1CC(N)=S. The van der Waals surface area contributed by atoms with Crippen LogP contribution in [-0.4, -0.2) is 14.4 Å². The molecule has 19 heavy (non-hydrogen) atoms. The Bertz CT molecular complexity index is 663. The molecule has 0 saturated heterocycles. The van der Waals surface area contributed by atoms with Gasteiger partial charge in [0.15, 0.2) is 5.65 Å². The molecule has 2 aromatic rings. The minimum Gasteiger partial charge on any atom is -0.393 e. The van der Waals surface area contributed by atoms with Crippen LogP contribution in [-0.2, 0) is 12.6 Å². The Morgan fingerprint density at radius 3 is 2.68 bits per heavy atom. The van der Waals surface area contributed by atoms with Crippen LogP contribution < -0.4 is 5.73 Å². The highest BCUT2D eigenvalue weighted by Crippen LogP contribution is 2.33. The summed E-state index contributed by atoms with van der Waals surface area (Å²) in [7, 11) is 0. The topological polar surface area (TPSA) is 43.3 Å². The van der Waals surface area contributed by atoms with E-state index in [1.54, 1.807) is 6.92 Å². The number of imidazole rings is 1. The summed E-state index contributed by atoms with van der Waals surface area (Å²) in [6, 6.07) is 0.855. The van der Waals surface area contributed by atoms with Crippen LogP contribution in [0.1, 0.15) is 17.0 Å². The lowest BCUT2D eigenvalue weighted by Gasteiger charge is -2.09. The first-order chi connectivity index (χ1) is 8.70. The van der Waals surface area contributed by atoms with Crippen molar-refractivity contribution in [2.45, 2.75) is 19.5 Å². The summed E-state index contributed by atoms with van der Waals surface area (Å²) in [4.78, 5) is 4.32. The summed E-state index contributed by atoms with van der Waals surface area (Å²) >= 11 is 10.6. The van der Waals surface area contributed by atoms with Crippen molar-refractivity contribution >= 4 is 34.5 Å². The number of aromatic nitrogens is 2. The lowest BCUT2D eigenvalue weighted by molar-refractivity contribution is -0.137. The van der Waals surface area contributed by atoms with E-state index in [2.05, 4.69) is 4.98 Å². The number of nitrogens with two attached hydrogens (primary N) is 1. The predicted molar refractivity (Wildman–Crippen MR) is 70.4 cm³/mol. The van der Waals surface area contributed by atoms with E-state index in [1.165, 1.54) is 4.40 Å². The van der Waals surface area contributed by atoms with E-state index in [1.807, 2.05) is 0 Å². The molecule has 102 valence electrons. The van der Waals surface area contributed by atoms with E-state index in [0.717, 1.165) is 12.3 Å². The summed E-state index contributed by atoms with van der Waals surface area (Å²) in [6.07, 6.45) is -3.36. The van der Waals surface area contributed by atoms with Crippen LogP contribution in [0.2, 0.25) is 5.02 Å². The largest absolute Gasteiger partial charge is 0.417 e. The smallest absolute Gasteiger partial charge is 0.393 e. The van der Waals surface area contributed by atoms with Crippen molar-refractivity contribution < 1.29 is 13.2 Å². The zero-order chi connectivity index (χ0) is 14.4. The van der Waals surface area contributed by atoms with Crippen LogP contribution in [0.15, 0.2) is 12.3 Å². The van der Waals surface area contributed by atoms with Crippen LogP contribution in [0.4, 0.5) is 13.2 Å². The van der Waals surface area contributed by atoms with Gasteiger partial charge in [0.1, 0.15) is 0 Å². The van der Waals surface area contributed by atoms with Crippen LogP contribution in [0.5, 0.6) is 0 Å². The minimum atomic E-state index is -4.48. The number of hydrogen-bond acceptors (Lipinski definition) is 2. The van der Waals surface area contributed by atoms with Gasteiger partial charge in [-0.3, -0.25) is 0 Å². The molecule has 0 radical (unpaired) electrons. The van der Waals surface area contributed by atoms with Crippen molar-refractivity contribution in [2.24, 2.45) is 5.73 Å². The molecule has 0 saturated carbocycles. The zero-order valence-electron chi connectivity index (χ0n) is 9.75. The highest BCUT2D eigenvalue weighted by atomic mass is 35.5. The quantitative estimate of drug-likeness (QED) is 0.867. The van der Waals surface area contributed by atoms with Crippen LogP contribution >= 0.6 is 23.8 Å². The Labute approximate surface area is 117 Å². The highest BCUT2D eigenvalue weighted by Gasteiger charge is 2.32. The monoisotopic (exact) mass is 307 g/mol. The summed E-state index contributed by atoms with van der Waals surface area (Å²) in [6.45, 7) is 1.67. The molecule has 0 bridgehead atoms. The van der Waals surface area contributed by atoms with Crippen LogP contribution in [0, 0.1) is 6.92 Å². The number of thiocarbonyl (C=S) groups is 1. The number of halogens is 4. The second kappa shape index (κ2) is 4.64. The van der Waals surface area contributed by atoms with Gasteiger partial charge in [-0.15, -0.1) is 0 Å². The molecule has 8 heteroatoms. The zero-order valence-corrected chi connectivity index (χ0v) is 11.3. The summed E-state index contributed by atoms with van der Waals surface area (Å²) in [5.41, 5.74) is 5.92. The lowest BCUT2D eigenvalue weighted by atomic mass is 10.2. The molecule has 3 nitrogen and oxygen atoms in total. The molecular formula is C11H9ClF3N3S. The lowest BCUT2D eigenvalue weighted by Crippen LogP contribution is -2.14. The predicted octanol–water partition coefficient (Wildman–Crippen LogP) is 3.14. The van der Waals surface area contributed by atoms with Gasteiger partial charge < -0.3 is 10.1 Å². The van der Waals surface area contributed by atoms with E-state index in [9.17, 15) is 13.2 Å². The van der Waals surface area contributed by atoms with E-state index in [0.29, 0.717) is 11.4 Å². The molecule has 0 aromatic carbocycles. The molecule has 2 aromatic heterocycles. The molecule has 2 N–H and O–H groups in total. The van der Waals surface area contributed by atoms with Gasteiger partial charge >= 0.3 is 6.18 Å². The molecule has 0 aliphatic carbocycles. The molecule has 0 atom stereocenters. The fraction of sp³-hybridized carbons (Fsp3) is 0.273. The van der Waals surface area contributed by atoms with Gasteiger partial charge in [0.25, 0.3) is 0 Å². The molecule has 2 heterocycles. The number of rotatable bonds is 2. The second-order valence-corrected chi connectivity index (χ2v) is 4.99. The fourth-order valence-corrected chi connectivity index (χ4v) is 2.19. The maximum absolute atomic E-state index is 12.8. The first-order valence-corrected chi connectivity index (χ1v) is 6.01. The number of hydrogen-bond donors (Lipinski definition) is 1. The van der Waals surface area contributed by atoms with Crippen molar-refractivity contribution in [3.05, 3.63) is 34.2 Å². The average molecular weight is 308 g/mol. The molecule has 0 unspecified atom stereocenters. The third-order valence-corrected chi connectivity index (χ3v) is 3.07. The first kappa shape index (κ1) is 14.1. The molecule has 0 aliphatic rings. The van der Waals surface area contributed by atoms with Gasteiger partial charge in [0.05, 0.1) is 27.0 Å². The highest BCUT2D eigenvalue weighted by molar-refractivity contribution is 7.80. The van der Waals surface area contributed by atoms with Gasteiger partial charge in [0.2, 0.25) is 0 Å². The third-order valence-electron chi connectivity index (χ3n) is 2.64. The van der Waals surface area contributed by atoms with Gasteiger partial charge in [-0.25, -0.2) is 4.98 Å². The standard InChI is InChI=1S/C11H9ClF3N3S/c1-5-8(3-9(16)19)18-4-6(11(13,14)15)2-7(12)10(18)17-5/h2,4H,3H2,1H3,(H2,16,19). The Morgan fingerprint density at radius 2 is 2.16 bits per heavy atom. The molecule has 0 fully saturated rings. The van der Waals surface area contributed by atoms with E-state index in [4.69, 9.17) is 29.6 Å². The van der Waals surface area contributed by atoms with Gasteiger partial charge in [0, 0.05) is 12.6 Å². The third kappa shape index (κ3) is 2.66. The molecule has 0 amide bonds. The van der Waals surface area contributed by atoms with E-state index in [-0.39, 0.29) is 22.1 Å². The Morgan fingerprint density at radius 1 is 1.53 bits per heavy atom. The molecule has 0 aliphatic heterocycles.